The molecule has 3 fully saturated rings. The molecule has 1 saturated heterocycles. The van der Waals surface area contributed by atoms with Crippen molar-refractivity contribution in [1.82, 2.24) is 10.2 Å². The Balaban J connectivity index is 1.30. The minimum Gasteiger partial charge on any atom is -0.339 e. The van der Waals surface area contributed by atoms with Gasteiger partial charge in [0.25, 0.3) is 0 Å². The highest BCUT2D eigenvalue weighted by molar-refractivity contribution is 6.01. The van der Waals surface area contributed by atoms with E-state index in [9.17, 15) is 9.59 Å². The van der Waals surface area contributed by atoms with Crippen molar-refractivity contribution in [3.63, 3.8) is 0 Å². The summed E-state index contributed by atoms with van der Waals surface area (Å²) < 4.78 is 0. The van der Waals surface area contributed by atoms with Gasteiger partial charge < -0.3 is 15.5 Å². The molecule has 5 heteroatoms. The van der Waals surface area contributed by atoms with E-state index in [0.717, 1.165) is 49.6 Å². The van der Waals surface area contributed by atoms with Crippen LogP contribution in [0.15, 0.2) is 24.3 Å². The molecule has 4 aliphatic rings. The third kappa shape index (κ3) is 4.27. The van der Waals surface area contributed by atoms with Crippen LogP contribution < -0.4 is 10.6 Å². The van der Waals surface area contributed by atoms with Crippen LogP contribution in [0.1, 0.15) is 69.3 Å². The number of hydrogen-bond acceptors (Lipinski definition) is 3. The molecule has 3 atom stereocenters. The Labute approximate surface area is 180 Å². The van der Waals surface area contributed by atoms with Gasteiger partial charge in [-0.15, -0.1) is 0 Å². The number of carbonyl (C=O) groups is 2. The quantitative estimate of drug-likeness (QED) is 0.749. The fourth-order valence-corrected chi connectivity index (χ4v) is 6.02. The van der Waals surface area contributed by atoms with Crippen LogP contribution in [0.5, 0.6) is 0 Å². The Kier molecular flexibility index (Phi) is 5.81. The van der Waals surface area contributed by atoms with E-state index in [1.165, 1.54) is 38.5 Å². The van der Waals surface area contributed by atoms with Gasteiger partial charge in [-0.3, -0.25) is 9.59 Å². The molecule has 0 radical (unpaired) electrons. The molecular weight excluding hydrogens is 374 g/mol. The van der Waals surface area contributed by atoms with Crippen molar-refractivity contribution in [2.24, 2.45) is 17.8 Å². The Morgan fingerprint density at radius 3 is 2.57 bits per heavy atom. The summed E-state index contributed by atoms with van der Waals surface area (Å²) in [6, 6.07) is 8.19. The van der Waals surface area contributed by atoms with Gasteiger partial charge in [0, 0.05) is 24.7 Å². The Morgan fingerprint density at radius 1 is 1.00 bits per heavy atom. The van der Waals surface area contributed by atoms with Gasteiger partial charge >= 0.3 is 0 Å². The molecule has 2 N–H and O–H groups in total. The third-order valence-electron chi connectivity index (χ3n) is 7.84. The molecular formula is C25H35N3O2. The fraction of sp³-hybridized carbons (Fsp3) is 0.680. The fourth-order valence-electron chi connectivity index (χ4n) is 6.02. The second-order valence-electron chi connectivity index (χ2n) is 10.0. The lowest BCUT2D eigenvalue weighted by Crippen LogP contribution is -2.43. The van der Waals surface area contributed by atoms with Gasteiger partial charge in [-0.2, -0.15) is 0 Å². The molecule has 1 aromatic carbocycles. The van der Waals surface area contributed by atoms with E-state index in [1.807, 2.05) is 24.3 Å². The monoisotopic (exact) mass is 409 g/mol. The Hall–Kier alpha value is -1.88. The average molecular weight is 410 g/mol. The summed E-state index contributed by atoms with van der Waals surface area (Å²) >= 11 is 0. The van der Waals surface area contributed by atoms with E-state index in [4.69, 9.17) is 0 Å². The molecule has 162 valence electrons. The highest BCUT2D eigenvalue weighted by Crippen LogP contribution is 2.39. The average Bonchev–Trinajstić information content (AvgIpc) is 3.52. The second kappa shape index (κ2) is 8.70. The number of hydrogen-bond donors (Lipinski definition) is 2. The molecule has 2 amide bonds. The number of benzene rings is 1. The topological polar surface area (TPSA) is 61.4 Å². The Bertz CT molecular complexity index is 784. The number of rotatable bonds is 6. The number of nitrogens with zero attached hydrogens (tertiary/aromatic N) is 1. The zero-order valence-electron chi connectivity index (χ0n) is 17.9. The van der Waals surface area contributed by atoms with Crippen LogP contribution in [0.3, 0.4) is 0 Å². The molecule has 1 unspecified atom stereocenters. The molecule has 2 saturated carbocycles. The third-order valence-corrected chi connectivity index (χ3v) is 7.84. The van der Waals surface area contributed by atoms with Crippen LogP contribution in [0, 0.1) is 17.8 Å². The first-order valence-corrected chi connectivity index (χ1v) is 12.1. The van der Waals surface area contributed by atoms with Gasteiger partial charge in [0.2, 0.25) is 11.8 Å². The summed E-state index contributed by atoms with van der Waals surface area (Å²) in [5, 5.41) is 6.55. The van der Waals surface area contributed by atoms with E-state index >= 15 is 0 Å². The lowest BCUT2D eigenvalue weighted by Gasteiger charge is -2.34. The van der Waals surface area contributed by atoms with E-state index in [0.29, 0.717) is 17.9 Å². The highest BCUT2D eigenvalue weighted by atomic mass is 16.2. The molecule has 5 rings (SSSR count). The van der Waals surface area contributed by atoms with Crippen LogP contribution in [-0.2, 0) is 9.59 Å². The molecule has 1 aromatic rings. The molecule has 2 heterocycles. The van der Waals surface area contributed by atoms with Crippen molar-refractivity contribution < 1.29 is 9.59 Å². The largest absolute Gasteiger partial charge is 0.339 e. The van der Waals surface area contributed by atoms with Crippen molar-refractivity contribution in [2.75, 3.05) is 25.0 Å². The zero-order valence-corrected chi connectivity index (χ0v) is 17.9. The van der Waals surface area contributed by atoms with Crippen molar-refractivity contribution in [2.45, 2.75) is 69.7 Å². The number of amides is 2. The van der Waals surface area contributed by atoms with Gasteiger partial charge in [0.15, 0.2) is 0 Å². The Morgan fingerprint density at radius 2 is 1.77 bits per heavy atom. The minimum atomic E-state index is -0.332. The second-order valence-corrected chi connectivity index (χ2v) is 10.0. The lowest BCUT2D eigenvalue weighted by atomic mass is 9.79. The van der Waals surface area contributed by atoms with E-state index < -0.39 is 0 Å². The SMILES string of the molecule is O=C1CC(C(=O)N(C[C@@H]2CNC[C@@H]2CC2CCCCC2)C2CC2)c2ccccc2N1. The first-order chi connectivity index (χ1) is 14.7. The zero-order chi connectivity index (χ0) is 20.5. The predicted octanol–water partition coefficient (Wildman–Crippen LogP) is 3.91. The molecule has 30 heavy (non-hydrogen) atoms. The smallest absolute Gasteiger partial charge is 0.230 e. The first-order valence-electron chi connectivity index (χ1n) is 12.1. The number of anilines is 1. The van der Waals surface area contributed by atoms with E-state index in [1.54, 1.807) is 0 Å². The lowest BCUT2D eigenvalue weighted by molar-refractivity contribution is -0.136. The van der Waals surface area contributed by atoms with Crippen molar-refractivity contribution in [3.05, 3.63) is 29.8 Å². The van der Waals surface area contributed by atoms with Gasteiger partial charge in [0.05, 0.1) is 5.92 Å². The minimum absolute atomic E-state index is 0.0412. The van der Waals surface area contributed by atoms with Crippen molar-refractivity contribution >= 4 is 17.5 Å². The summed E-state index contributed by atoms with van der Waals surface area (Å²) in [5.41, 5.74) is 1.79. The van der Waals surface area contributed by atoms with Gasteiger partial charge in [0.1, 0.15) is 0 Å². The van der Waals surface area contributed by atoms with Crippen LogP contribution >= 0.6 is 0 Å². The predicted molar refractivity (Wildman–Crippen MR) is 118 cm³/mol. The number of para-hydroxylation sites is 1. The summed E-state index contributed by atoms with van der Waals surface area (Å²) in [7, 11) is 0. The van der Waals surface area contributed by atoms with Gasteiger partial charge in [-0.1, -0.05) is 50.3 Å². The highest BCUT2D eigenvalue weighted by Gasteiger charge is 2.42. The van der Waals surface area contributed by atoms with Gasteiger partial charge in [-0.05, 0) is 61.7 Å². The first kappa shape index (κ1) is 20.0. The molecule has 0 spiro atoms. The molecule has 0 bridgehead atoms. The van der Waals surface area contributed by atoms with E-state index in [-0.39, 0.29) is 24.2 Å². The standard InChI is InChI=1S/C25H35N3O2/c29-24-13-22(21-8-4-5-9-23(21)27-24)25(30)28(20-10-11-20)16-19-15-26-14-18(19)12-17-6-2-1-3-7-17/h4-5,8-9,17-20,22,26H,1-3,6-7,10-16H2,(H,27,29)/t18-,19-,22?/m0/s1. The molecule has 5 nitrogen and oxygen atoms in total. The molecule has 2 aliphatic carbocycles. The number of nitrogens with one attached hydrogen (secondary N) is 2. The maximum absolute atomic E-state index is 13.7. The summed E-state index contributed by atoms with van der Waals surface area (Å²) in [6.07, 6.45) is 10.8. The maximum atomic E-state index is 13.7. The van der Waals surface area contributed by atoms with Crippen molar-refractivity contribution in [1.29, 1.82) is 0 Å². The van der Waals surface area contributed by atoms with Gasteiger partial charge in [-0.25, -0.2) is 0 Å². The molecule has 2 aliphatic heterocycles. The summed E-state index contributed by atoms with van der Waals surface area (Å²) in [5.74, 6) is 1.91. The summed E-state index contributed by atoms with van der Waals surface area (Å²) in [6.45, 7) is 2.98. The number of fused-ring (bicyclic) bond motifs is 1. The van der Waals surface area contributed by atoms with Crippen molar-refractivity contribution in [3.8, 4) is 0 Å². The van der Waals surface area contributed by atoms with Crippen LogP contribution in [-0.4, -0.2) is 42.4 Å². The normalized spacial score (nSPS) is 29.3. The van der Waals surface area contributed by atoms with Crippen LogP contribution in [0.2, 0.25) is 0 Å². The maximum Gasteiger partial charge on any atom is 0.230 e. The summed E-state index contributed by atoms with van der Waals surface area (Å²) in [4.78, 5) is 28.1. The van der Waals surface area contributed by atoms with Crippen LogP contribution in [0.4, 0.5) is 5.69 Å². The number of carbonyl (C=O) groups excluding carboxylic acids is 2. The van der Waals surface area contributed by atoms with Crippen LogP contribution in [0.25, 0.3) is 0 Å². The molecule has 0 aromatic heterocycles. The van der Waals surface area contributed by atoms with E-state index in [2.05, 4.69) is 15.5 Å².